The number of amides is 1. The average Bonchev–Trinajstić information content (AvgIpc) is 2.96. The largest absolute Gasteiger partial charge is 0.332 e. The average molecular weight is 359 g/mol. The quantitative estimate of drug-likeness (QED) is 0.863. The monoisotopic (exact) mass is 358 g/mol. The molecule has 1 amide bonds. The summed E-state index contributed by atoms with van der Waals surface area (Å²) in [6.07, 6.45) is 0.498. The van der Waals surface area contributed by atoms with Gasteiger partial charge in [-0.05, 0) is 28.6 Å². The number of benzene rings is 1. The molecule has 2 aromatic rings. The first-order valence-corrected chi connectivity index (χ1v) is 8.31. The third kappa shape index (κ3) is 3.52. The highest BCUT2D eigenvalue weighted by atomic mass is 35.5. The zero-order valence-electron chi connectivity index (χ0n) is 11.3. The van der Waals surface area contributed by atoms with Crippen LogP contribution in [0.3, 0.4) is 0 Å². The second-order valence-electron chi connectivity index (χ2n) is 4.57. The summed E-state index contributed by atoms with van der Waals surface area (Å²) < 4.78 is 1.60. The van der Waals surface area contributed by atoms with Gasteiger partial charge in [-0.15, -0.1) is 16.9 Å². The van der Waals surface area contributed by atoms with Gasteiger partial charge in [0, 0.05) is 13.0 Å². The lowest BCUT2D eigenvalue weighted by Crippen LogP contribution is -2.49. The van der Waals surface area contributed by atoms with Gasteiger partial charge in [-0.1, -0.05) is 23.2 Å². The maximum atomic E-state index is 11.4. The molecule has 10 heteroatoms. The van der Waals surface area contributed by atoms with E-state index in [1.165, 1.54) is 11.8 Å². The van der Waals surface area contributed by atoms with Crippen LogP contribution in [0.5, 0.6) is 0 Å². The number of hydrogen-bond acceptors (Lipinski definition) is 6. The molecule has 0 saturated carbocycles. The molecular formula is C12H12Cl2N6OS. The van der Waals surface area contributed by atoms with Gasteiger partial charge in [0.05, 0.1) is 21.5 Å². The fraction of sp³-hybridized carbons (Fsp3) is 0.333. The van der Waals surface area contributed by atoms with Crippen LogP contribution < -0.4 is 10.6 Å². The van der Waals surface area contributed by atoms with Crippen molar-refractivity contribution in [1.82, 2.24) is 30.8 Å². The minimum absolute atomic E-state index is 0.0420. The van der Waals surface area contributed by atoms with E-state index in [2.05, 4.69) is 26.2 Å². The molecule has 1 aliphatic rings. The van der Waals surface area contributed by atoms with Crippen LogP contribution in [0.15, 0.2) is 18.2 Å². The number of tetrazole rings is 1. The summed E-state index contributed by atoms with van der Waals surface area (Å²) in [5, 5.41) is 18.6. The van der Waals surface area contributed by atoms with Crippen molar-refractivity contribution in [1.29, 1.82) is 0 Å². The molecular weight excluding hydrogens is 347 g/mol. The van der Waals surface area contributed by atoms with Gasteiger partial charge in [0.15, 0.2) is 5.82 Å². The topological polar surface area (TPSA) is 84.7 Å². The molecule has 3 rings (SSSR count). The van der Waals surface area contributed by atoms with E-state index in [1.54, 1.807) is 22.9 Å². The van der Waals surface area contributed by atoms with E-state index in [0.29, 0.717) is 34.6 Å². The fourth-order valence-electron chi connectivity index (χ4n) is 1.96. The molecule has 1 saturated heterocycles. The Morgan fingerprint density at radius 2 is 2.23 bits per heavy atom. The SMILES string of the molecule is O=C1CCNC(SCc2nnnn2-c2ccc(Cl)c(Cl)c2)N1. The highest BCUT2D eigenvalue weighted by molar-refractivity contribution is 7.99. The lowest BCUT2D eigenvalue weighted by atomic mass is 10.3. The van der Waals surface area contributed by atoms with Gasteiger partial charge in [-0.2, -0.15) is 4.68 Å². The van der Waals surface area contributed by atoms with Crippen molar-refractivity contribution >= 4 is 40.9 Å². The number of nitrogens with one attached hydrogen (secondary N) is 2. The van der Waals surface area contributed by atoms with E-state index in [4.69, 9.17) is 23.2 Å². The van der Waals surface area contributed by atoms with Crippen molar-refractivity contribution in [2.75, 3.05) is 6.54 Å². The number of thioether (sulfide) groups is 1. The van der Waals surface area contributed by atoms with Gasteiger partial charge in [0.2, 0.25) is 5.91 Å². The summed E-state index contributed by atoms with van der Waals surface area (Å²) in [5.41, 5.74) is 0.593. The first-order chi connectivity index (χ1) is 10.6. The molecule has 116 valence electrons. The highest BCUT2D eigenvalue weighted by Crippen LogP contribution is 2.25. The Hall–Kier alpha value is -1.35. The zero-order valence-corrected chi connectivity index (χ0v) is 13.6. The lowest BCUT2D eigenvalue weighted by Gasteiger charge is -2.23. The first-order valence-electron chi connectivity index (χ1n) is 6.50. The minimum atomic E-state index is -0.139. The third-order valence-corrected chi connectivity index (χ3v) is 4.82. The second-order valence-corrected chi connectivity index (χ2v) is 6.48. The molecule has 1 aromatic heterocycles. The van der Waals surface area contributed by atoms with Gasteiger partial charge in [0.1, 0.15) is 5.50 Å². The molecule has 0 bridgehead atoms. The maximum absolute atomic E-state index is 11.4. The second kappa shape index (κ2) is 6.82. The summed E-state index contributed by atoms with van der Waals surface area (Å²) >= 11 is 13.4. The van der Waals surface area contributed by atoms with E-state index < -0.39 is 0 Å². The van der Waals surface area contributed by atoms with E-state index >= 15 is 0 Å². The smallest absolute Gasteiger partial charge is 0.223 e. The molecule has 7 nitrogen and oxygen atoms in total. The van der Waals surface area contributed by atoms with Crippen molar-refractivity contribution < 1.29 is 4.79 Å². The molecule has 1 aromatic carbocycles. The Morgan fingerprint density at radius 1 is 1.36 bits per heavy atom. The Morgan fingerprint density at radius 3 is 3.00 bits per heavy atom. The zero-order chi connectivity index (χ0) is 15.5. The van der Waals surface area contributed by atoms with Crippen molar-refractivity contribution in [2.24, 2.45) is 0 Å². The molecule has 1 unspecified atom stereocenters. The standard InChI is InChI=1S/C12H12Cl2N6OS/c13-8-2-1-7(5-9(8)14)20-10(17-18-19-20)6-22-12-15-4-3-11(21)16-12/h1-2,5,12,15H,3-4,6H2,(H,16,21). The lowest BCUT2D eigenvalue weighted by molar-refractivity contribution is -0.122. The van der Waals surface area contributed by atoms with Crippen molar-refractivity contribution in [3.05, 3.63) is 34.1 Å². The van der Waals surface area contributed by atoms with E-state index in [-0.39, 0.29) is 11.4 Å². The molecule has 2 N–H and O–H groups in total. The van der Waals surface area contributed by atoms with Crippen LogP contribution in [0.25, 0.3) is 5.69 Å². The Kier molecular flexibility index (Phi) is 4.82. The highest BCUT2D eigenvalue weighted by Gasteiger charge is 2.19. The van der Waals surface area contributed by atoms with Crippen LogP contribution in [0.2, 0.25) is 10.0 Å². The van der Waals surface area contributed by atoms with E-state index in [1.807, 2.05) is 0 Å². The minimum Gasteiger partial charge on any atom is -0.332 e. The normalized spacial score (nSPS) is 18.3. The number of carbonyl (C=O) groups is 1. The summed E-state index contributed by atoms with van der Waals surface area (Å²) in [6, 6.07) is 5.19. The first kappa shape index (κ1) is 15.5. The number of nitrogens with zero attached hydrogens (tertiary/aromatic N) is 4. The molecule has 1 atom stereocenters. The predicted octanol–water partition coefficient (Wildman–Crippen LogP) is 1.60. The van der Waals surface area contributed by atoms with Gasteiger partial charge in [-0.3, -0.25) is 10.1 Å². The molecule has 0 radical (unpaired) electrons. The van der Waals surface area contributed by atoms with E-state index in [9.17, 15) is 4.79 Å². The maximum Gasteiger partial charge on any atom is 0.223 e. The summed E-state index contributed by atoms with van der Waals surface area (Å²) in [5.74, 6) is 1.23. The summed E-state index contributed by atoms with van der Waals surface area (Å²) in [4.78, 5) is 11.4. The van der Waals surface area contributed by atoms with Gasteiger partial charge in [0.25, 0.3) is 0 Å². The van der Waals surface area contributed by atoms with Crippen molar-refractivity contribution in [3.8, 4) is 5.69 Å². The van der Waals surface area contributed by atoms with Gasteiger partial charge in [-0.25, -0.2) is 0 Å². The summed E-state index contributed by atoms with van der Waals surface area (Å²) in [6.45, 7) is 0.668. The summed E-state index contributed by atoms with van der Waals surface area (Å²) in [7, 11) is 0. The van der Waals surface area contributed by atoms with Crippen LogP contribution in [-0.4, -0.2) is 38.2 Å². The van der Waals surface area contributed by atoms with Crippen molar-refractivity contribution in [2.45, 2.75) is 17.7 Å². The van der Waals surface area contributed by atoms with Crippen LogP contribution in [0, 0.1) is 0 Å². The molecule has 0 aliphatic carbocycles. The Bertz CT molecular complexity index is 694. The Balaban J connectivity index is 1.71. The number of rotatable bonds is 4. The van der Waals surface area contributed by atoms with Gasteiger partial charge >= 0.3 is 0 Å². The number of aromatic nitrogens is 4. The number of halogens is 2. The molecule has 22 heavy (non-hydrogen) atoms. The van der Waals surface area contributed by atoms with Crippen molar-refractivity contribution in [3.63, 3.8) is 0 Å². The van der Waals surface area contributed by atoms with Crippen LogP contribution in [0.1, 0.15) is 12.2 Å². The molecule has 2 heterocycles. The molecule has 1 aliphatic heterocycles. The van der Waals surface area contributed by atoms with Crippen LogP contribution >= 0.6 is 35.0 Å². The third-order valence-electron chi connectivity index (χ3n) is 3.03. The molecule has 0 spiro atoms. The number of hydrogen-bond donors (Lipinski definition) is 2. The number of carbonyl (C=O) groups excluding carboxylic acids is 1. The van der Waals surface area contributed by atoms with E-state index in [0.717, 1.165) is 5.69 Å². The van der Waals surface area contributed by atoms with Gasteiger partial charge < -0.3 is 5.32 Å². The molecule has 1 fully saturated rings. The van der Waals surface area contributed by atoms with Crippen LogP contribution in [0.4, 0.5) is 0 Å². The van der Waals surface area contributed by atoms with Crippen LogP contribution in [-0.2, 0) is 10.5 Å². The predicted molar refractivity (Wildman–Crippen MR) is 85.0 cm³/mol. The Labute approximate surface area is 140 Å². The fourth-order valence-corrected chi connectivity index (χ4v) is 3.20.